The van der Waals surface area contributed by atoms with E-state index in [-0.39, 0.29) is 10.5 Å². The number of hydrogen-bond acceptors (Lipinski definition) is 3. The van der Waals surface area contributed by atoms with Crippen LogP contribution in [-0.4, -0.2) is 36.9 Å². The zero-order chi connectivity index (χ0) is 15.9. The zero-order valence-electron chi connectivity index (χ0n) is 12.1. The first-order valence-electron chi connectivity index (χ1n) is 6.68. The molecule has 1 heterocycles. The van der Waals surface area contributed by atoms with Crippen molar-refractivity contribution in [3.05, 3.63) is 27.7 Å². The van der Waals surface area contributed by atoms with E-state index in [9.17, 15) is 13.2 Å². The standard InChI is InChI=1S/C14H18BrNO4S/c1-8-4-11(14(17)18)5-12(13(8)15)21(19,20)16-6-9(2)10(3)7-16/h4-5,9-10H,6-7H2,1-3H3,(H,17,18). The van der Waals surface area contributed by atoms with Crippen molar-refractivity contribution >= 4 is 31.9 Å². The number of benzene rings is 1. The molecular weight excluding hydrogens is 358 g/mol. The van der Waals surface area contributed by atoms with Gasteiger partial charge in [0.05, 0.1) is 10.5 Å². The number of hydrogen-bond donors (Lipinski definition) is 1. The highest BCUT2D eigenvalue weighted by atomic mass is 79.9. The summed E-state index contributed by atoms with van der Waals surface area (Å²) in [7, 11) is -3.69. The molecule has 1 aliphatic rings. The van der Waals surface area contributed by atoms with Gasteiger partial charge in [-0.2, -0.15) is 4.31 Å². The topological polar surface area (TPSA) is 74.7 Å². The molecule has 116 valence electrons. The maximum atomic E-state index is 12.8. The van der Waals surface area contributed by atoms with Crippen LogP contribution in [0.25, 0.3) is 0 Å². The summed E-state index contributed by atoms with van der Waals surface area (Å²) < 4.78 is 27.4. The average molecular weight is 376 g/mol. The van der Waals surface area contributed by atoms with Gasteiger partial charge in [0, 0.05) is 17.6 Å². The number of rotatable bonds is 3. The van der Waals surface area contributed by atoms with Crippen LogP contribution in [0.15, 0.2) is 21.5 Å². The number of aromatic carboxylic acids is 1. The van der Waals surface area contributed by atoms with Crippen molar-refractivity contribution in [2.24, 2.45) is 11.8 Å². The predicted molar refractivity (Wildman–Crippen MR) is 82.9 cm³/mol. The lowest BCUT2D eigenvalue weighted by Crippen LogP contribution is -2.29. The second kappa shape index (κ2) is 5.70. The second-order valence-corrected chi connectivity index (χ2v) is 8.39. The Labute approximate surface area is 133 Å². The molecule has 1 fully saturated rings. The second-order valence-electron chi connectivity index (χ2n) is 5.69. The van der Waals surface area contributed by atoms with E-state index in [1.807, 2.05) is 13.8 Å². The van der Waals surface area contributed by atoms with Gasteiger partial charge < -0.3 is 5.11 Å². The van der Waals surface area contributed by atoms with E-state index in [1.165, 1.54) is 16.4 Å². The number of aryl methyl sites for hydroxylation is 1. The van der Waals surface area contributed by atoms with Gasteiger partial charge in [-0.15, -0.1) is 0 Å². The fourth-order valence-electron chi connectivity index (χ4n) is 2.46. The van der Waals surface area contributed by atoms with Gasteiger partial charge in [-0.25, -0.2) is 13.2 Å². The van der Waals surface area contributed by atoms with Crippen LogP contribution in [0, 0.1) is 18.8 Å². The Morgan fingerprint density at radius 3 is 2.29 bits per heavy atom. The van der Waals surface area contributed by atoms with Crippen LogP contribution in [0.1, 0.15) is 29.8 Å². The molecule has 0 saturated carbocycles. The Morgan fingerprint density at radius 2 is 1.81 bits per heavy atom. The molecule has 0 radical (unpaired) electrons. The van der Waals surface area contributed by atoms with Crippen LogP contribution in [-0.2, 0) is 10.0 Å². The van der Waals surface area contributed by atoms with Crippen LogP contribution in [0.3, 0.4) is 0 Å². The Hall–Kier alpha value is -0.920. The average Bonchev–Trinajstić information content (AvgIpc) is 2.73. The minimum Gasteiger partial charge on any atom is -0.478 e. The third-order valence-corrected chi connectivity index (χ3v) is 7.21. The van der Waals surface area contributed by atoms with Crippen molar-refractivity contribution in [3.8, 4) is 0 Å². The van der Waals surface area contributed by atoms with Crippen molar-refractivity contribution in [2.75, 3.05) is 13.1 Å². The van der Waals surface area contributed by atoms with Gasteiger partial charge in [0.15, 0.2) is 0 Å². The summed E-state index contributed by atoms with van der Waals surface area (Å²) in [6.07, 6.45) is 0. The Bertz CT molecular complexity index is 676. The van der Waals surface area contributed by atoms with Crippen molar-refractivity contribution < 1.29 is 18.3 Å². The normalized spacial score (nSPS) is 23.4. The third kappa shape index (κ3) is 3.00. The van der Waals surface area contributed by atoms with Gasteiger partial charge in [-0.3, -0.25) is 0 Å². The van der Waals surface area contributed by atoms with Gasteiger partial charge >= 0.3 is 5.97 Å². The molecule has 1 aromatic carbocycles. The number of carbonyl (C=O) groups is 1. The molecule has 1 saturated heterocycles. The molecule has 1 N–H and O–H groups in total. The van der Waals surface area contributed by atoms with Crippen LogP contribution in [0.5, 0.6) is 0 Å². The molecule has 0 aromatic heterocycles. The molecule has 1 aliphatic heterocycles. The number of carboxylic acid groups (broad SMARTS) is 1. The van der Waals surface area contributed by atoms with Gasteiger partial charge in [0.1, 0.15) is 0 Å². The molecule has 0 amide bonds. The minimum absolute atomic E-state index is 0.0189. The number of carboxylic acids is 1. The highest BCUT2D eigenvalue weighted by molar-refractivity contribution is 9.10. The van der Waals surface area contributed by atoms with Gasteiger partial charge in [0.25, 0.3) is 0 Å². The van der Waals surface area contributed by atoms with Crippen LogP contribution >= 0.6 is 15.9 Å². The van der Waals surface area contributed by atoms with Crippen LogP contribution < -0.4 is 0 Å². The first kappa shape index (κ1) is 16.5. The molecule has 5 nitrogen and oxygen atoms in total. The van der Waals surface area contributed by atoms with E-state index in [0.29, 0.717) is 35.0 Å². The quantitative estimate of drug-likeness (QED) is 0.880. The van der Waals surface area contributed by atoms with Crippen molar-refractivity contribution in [3.63, 3.8) is 0 Å². The number of nitrogens with zero attached hydrogens (tertiary/aromatic N) is 1. The van der Waals surface area contributed by atoms with Gasteiger partial charge in [-0.1, -0.05) is 13.8 Å². The van der Waals surface area contributed by atoms with E-state index in [0.717, 1.165) is 0 Å². The van der Waals surface area contributed by atoms with E-state index < -0.39 is 16.0 Å². The lowest BCUT2D eigenvalue weighted by molar-refractivity contribution is 0.0696. The van der Waals surface area contributed by atoms with Crippen LogP contribution in [0.4, 0.5) is 0 Å². The number of halogens is 1. The smallest absolute Gasteiger partial charge is 0.335 e. The molecular formula is C14H18BrNO4S. The van der Waals surface area contributed by atoms with E-state index >= 15 is 0 Å². The van der Waals surface area contributed by atoms with E-state index in [4.69, 9.17) is 5.11 Å². The Morgan fingerprint density at radius 1 is 1.29 bits per heavy atom. The SMILES string of the molecule is Cc1cc(C(=O)O)cc(S(=O)(=O)N2CC(C)C(C)C2)c1Br. The van der Waals surface area contributed by atoms with Crippen LogP contribution in [0.2, 0.25) is 0 Å². The lowest BCUT2D eigenvalue weighted by Gasteiger charge is -2.18. The summed E-state index contributed by atoms with van der Waals surface area (Å²) in [6.45, 7) is 6.66. The van der Waals surface area contributed by atoms with E-state index in [1.54, 1.807) is 6.92 Å². The zero-order valence-corrected chi connectivity index (χ0v) is 14.5. The molecule has 0 aliphatic carbocycles. The summed E-state index contributed by atoms with van der Waals surface area (Å²) in [5.41, 5.74) is 0.573. The maximum Gasteiger partial charge on any atom is 0.335 e. The monoisotopic (exact) mass is 375 g/mol. The van der Waals surface area contributed by atoms with Gasteiger partial charge in [0.2, 0.25) is 10.0 Å². The minimum atomic E-state index is -3.69. The van der Waals surface area contributed by atoms with Crippen molar-refractivity contribution in [1.82, 2.24) is 4.31 Å². The Balaban J connectivity index is 2.52. The highest BCUT2D eigenvalue weighted by Gasteiger charge is 2.36. The molecule has 7 heteroatoms. The molecule has 1 aromatic rings. The van der Waals surface area contributed by atoms with E-state index in [2.05, 4.69) is 15.9 Å². The predicted octanol–water partition coefficient (Wildman–Crippen LogP) is 2.73. The lowest BCUT2D eigenvalue weighted by atomic mass is 10.0. The molecule has 2 rings (SSSR count). The summed E-state index contributed by atoms with van der Waals surface area (Å²) >= 11 is 3.28. The molecule has 2 unspecified atom stereocenters. The fourth-order valence-corrected chi connectivity index (χ4v) is 5.11. The maximum absolute atomic E-state index is 12.8. The Kier molecular flexibility index (Phi) is 4.46. The summed E-state index contributed by atoms with van der Waals surface area (Å²) in [5.74, 6) is -0.546. The van der Waals surface area contributed by atoms with Crippen molar-refractivity contribution in [1.29, 1.82) is 0 Å². The highest BCUT2D eigenvalue weighted by Crippen LogP contribution is 2.33. The first-order valence-corrected chi connectivity index (χ1v) is 8.91. The first-order chi connectivity index (χ1) is 9.64. The summed E-state index contributed by atoms with van der Waals surface area (Å²) in [4.78, 5) is 11.2. The molecule has 0 spiro atoms. The molecule has 21 heavy (non-hydrogen) atoms. The largest absolute Gasteiger partial charge is 0.478 e. The summed E-state index contributed by atoms with van der Waals surface area (Å²) in [5, 5.41) is 9.12. The fraction of sp³-hybridized carbons (Fsp3) is 0.500. The van der Waals surface area contributed by atoms with Gasteiger partial charge in [-0.05, 0) is 52.4 Å². The summed E-state index contributed by atoms with van der Waals surface area (Å²) in [6, 6.07) is 2.68. The molecule has 2 atom stereocenters. The third-order valence-electron chi connectivity index (χ3n) is 4.04. The van der Waals surface area contributed by atoms with Crippen molar-refractivity contribution in [2.45, 2.75) is 25.7 Å². The number of sulfonamides is 1. The molecule has 0 bridgehead atoms.